The van der Waals surface area contributed by atoms with Gasteiger partial charge in [0.2, 0.25) is 0 Å². The number of carbonyl (C=O) groups excluding carboxylic acids is 1. The summed E-state index contributed by atoms with van der Waals surface area (Å²) in [5.41, 5.74) is 3.64. The Morgan fingerprint density at radius 3 is 2.97 bits per heavy atom. The molecule has 1 saturated heterocycles. The third kappa shape index (κ3) is 7.43. The summed E-state index contributed by atoms with van der Waals surface area (Å²) >= 11 is 0. The smallest absolute Gasteiger partial charge is 0.306 e. The van der Waals surface area contributed by atoms with Crippen LogP contribution in [0, 0.1) is 5.92 Å². The minimum Gasteiger partial charge on any atom is -0.491 e. The molecule has 3 atom stereocenters. The van der Waals surface area contributed by atoms with Crippen molar-refractivity contribution in [3.05, 3.63) is 53.2 Å². The summed E-state index contributed by atoms with van der Waals surface area (Å²) in [6.07, 6.45) is 6.04. The highest BCUT2D eigenvalue weighted by molar-refractivity contribution is 5.70. The number of methoxy groups -OCH3 is 2. The van der Waals surface area contributed by atoms with Gasteiger partial charge in [-0.15, -0.1) is 0 Å². The Morgan fingerprint density at radius 2 is 2.14 bits per heavy atom. The summed E-state index contributed by atoms with van der Waals surface area (Å²) in [5.74, 6) is 2.42. The summed E-state index contributed by atoms with van der Waals surface area (Å²) in [6.45, 7) is 6.45. The Bertz CT molecular complexity index is 998. The number of rotatable bonds is 12. The minimum atomic E-state index is -0.179. The molecule has 196 valence electrons. The van der Waals surface area contributed by atoms with Gasteiger partial charge in [-0.1, -0.05) is 18.2 Å². The molecule has 2 aliphatic rings. The van der Waals surface area contributed by atoms with Crippen molar-refractivity contribution < 1.29 is 19.0 Å². The highest BCUT2D eigenvalue weighted by Crippen LogP contribution is 2.29. The molecule has 0 spiro atoms. The maximum Gasteiger partial charge on any atom is 0.306 e. The van der Waals surface area contributed by atoms with E-state index in [1.165, 1.54) is 31.2 Å². The highest BCUT2D eigenvalue weighted by Gasteiger charge is 2.27. The number of likely N-dealkylation sites (tertiary alicyclic amines) is 1. The number of pyridine rings is 1. The molecule has 2 aromatic rings. The number of esters is 1. The molecule has 0 radical (unpaired) electrons. The first kappa shape index (κ1) is 26.4. The van der Waals surface area contributed by atoms with Crippen LogP contribution < -0.4 is 10.1 Å². The maximum absolute atomic E-state index is 12.2. The fraction of sp³-hybridized carbons (Fsp3) is 0.586. The maximum atomic E-state index is 12.2. The van der Waals surface area contributed by atoms with Gasteiger partial charge in [0.15, 0.2) is 0 Å². The van der Waals surface area contributed by atoms with E-state index in [1.807, 2.05) is 19.1 Å². The molecular formula is C29H41N3O4. The van der Waals surface area contributed by atoms with Gasteiger partial charge < -0.3 is 24.4 Å². The van der Waals surface area contributed by atoms with E-state index in [9.17, 15) is 4.79 Å². The number of nitrogens with one attached hydrogen (secondary N) is 1. The van der Waals surface area contributed by atoms with Crippen molar-refractivity contribution in [1.29, 1.82) is 0 Å². The normalized spacial score (nSPS) is 19.2. The van der Waals surface area contributed by atoms with Crippen molar-refractivity contribution in [3.63, 3.8) is 0 Å². The van der Waals surface area contributed by atoms with E-state index in [0.29, 0.717) is 18.9 Å². The molecule has 1 N–H and O–H groups in total. The number of anilines is 1. The number of benzene rings is 1. The fourth-order valence-corrected chi connectivity index (χ4v) is 5.20. The summed E-state index contributed by atoms with van der Waals surface area (Å²) in [5, 5.41) is 3.44. The highest BCUT2D eigenvalue weighted by atomic mass is 16.5. The topological polar surface area (TPSA) is 72.9 Å². The van der Waals surface area contributed by atoms with Crippen LogP contribution in [0.1, 0.15) is 55.3 Å². The van der Waals surface area contributed by atoms with E-state index >= 15 is 0 Å². The van der Waals surface area contributed by atoms with Crippen molar-refractivity contribution >= 4 is 11.8 Å². The second-order valence-electron chi connectivity index (χ2n) is 10.2. The molecule has 3 heterocycles. The van der Waals surface area contributed by atoms with Crippen LogP contribution in [0.3, 0.4) is 0 Å². The van der Waals surface area contributed by atoms with E-state index in [0.717, 1.165) is 62.6 Å². The molecule has 1 aromatic carbocycles. The summed E-state index contributed by atoms with van der Waals surface area (Å²) in [4.78, 5) is 19.6. The van der Waals surface area contributed by atoms with Gasteiger partial charge >= 0.3 is 5.97 Å². The molecule has 1 fully saturated rings. The number of fused-ring (bicyclic) bond motifs is 1. The van der Waals surface area contributed by atoms with Gasteiger partial charge in [0.05, 0.1) is 19.6 Å². The number of ether oxygens (including phenoxy) is 3. The van der Waals surface area contributed by atoms with Crippen LogP contribution in [-0.4, -0.2) is 69.0 Å². The third-order valence-electron chi connectivity index (χ3n) is 7.47. The van der Waals surface area contributed by atoms with Crippen molar-refractivity contribution in [2.24, 2.45) is 5.92 Å². The number of aryl methyl sites for hydroxylation is 2. The first-order chi connectivity index (χ1) is 17.5. The molecule has 36 heavy (non-hydrogen) atoms. The van der Waals surface area contributed by atoms with E-state index in [1.54, 1.807) is 7.11 Å². The van der Waals surface area contributed by atoms with Gasteiger partial charge in [0.1, 0.15) is 18.2 Å². The van der Waals surface area contributed by atoms with E-state index in [-0.39, 0.29) is 18.0 Å². The first-order valence-corrected chi connectivity index (χ1v) is 13.3. The van der Waals surface area contributed by atoms with E-state index in [4.69, 9.17) is 19.2 Å². The van der Waals surface area contributed by atoms with Crippen LogP contribution in [0.5, 0.6) is 5.75 Å². The fourth-order valence-electron chi connectivity index (χ4n) is 5.20. The lowest BCUT2D eigenvalue weighted by Crippen LogP contribution is -2.28. The molecule has 1 aromatic heterocycles. The molecule has 7 heteroatoms. The Balaban J connectivity index is 1.33. The van der Waals surface area contributed by atoms with Gasteiger partial charge in [-0.2, -0.15) is 0 Å². The zero-order valence-corrected chi connectivity index (χ0v) is 22.0. The van der Waals surface area contributed by atoms with Crippen molar-refractivity contribution in [3.8, 4) is 5.75 Å². The lowest BCUT2D eigenvalue weighted by molar-refractivity contribution is -0.141. The Morgan fingerprint density at radius 1 is 1.25 bits per heavy atom. The number of hydrogen-bond donors (Lipinski definition) is 1. The van der Waals surface area contributed by atoms with Gasteiger partial charge in [-0.3, -0.25) is 4.79 Å². The first-order valence-electron chi connectivity index (χ1n) is 13.3. The van der Waals surface area contributed by atoms with E-state index < -0.39 is 0 Å². The molecule has 4 rings (SSSR count). The Hall–Kier alpha value is -2.64. The number of carbonyl (C=O) groups is 1. The van der Waals surface area contributed by atoms with Gasteiger partial charge in [0, 0.05) is 38.4 Å². The summed E-state index contributed by atoms with van der Waals surface area (Å²) < 4.78 is 16.2. The van der Waals surface area contributed by atoms with Crippen LogP contribution in [0.15, 0.2) is 36.4 Å². The van der Waals surface area contributed by atoms with Crippen molar-refractivity contribution in [1.82, 2.24) is 9.88 Å². The predicted molar refractivity (Wildman–Crippen MR) is 142 cm³/mol. The van der Waals surface area contributed by atoms with E-state index in [2.05, 4.69) is 34.5 Å². The van der Waals surface area contributed by atoms with Crippen LogP contribution in [0.4, 0.5) is 5.82 Å². The second-order valence-corrected chi connectivity index (χ2v) is 10.2. The standard InChI is InChI=1S/C29H41N3O4/c1-21(34-2)20-36-27-8-4-6-24(16-27)25(17-28(33)35-3)19-32-15-13-22(18-32)9-11-26-12-10-23-7-5-14-30-29(23)31-26/h4,6,8,10,12,16,21-22,25H,5,7,9,11,13-15,17-20H2,1-3H3,(H,30,31)/t21-,22-,25-/m1/s1. The lowest BCUT2D eigenvalue weighted by atomic mass is 9.94. The molecule has 0 unspecified atom stereocenters. The largest absolute Gasteiger partial charge is 0.491 e. The van der Waals surface area contributed by atoms with Crippen LogP contribution >= 0.6 is 0 Å². The van der Waals surface area contributed by atoms with Crippen LogP contribution in [-0.2, 0) is 27.1 Å². The quantitative estimate of drug-likeness (QED) is 0.436. The third-order valence-corrected chi connectivity index (χ3v) is 7.47. The lowest BCUT2D eigenvalue weighted by Gasteiger charge is -2.24. The number of aromatic nitrogens is 1. The van der Waals surface area contributed by atoms with Crippen molar-refractivity contribution in [2.45, 2.75) is 57.5 Å². The van der Waals surface area contributed by atoms with Gasteiger partial charge in [0.25, 0.3) is 0 Å². The Labute approximate surface area is 215 Å². The number of hydrogen-bond acceptors (Lipinski definition) is 7. The summed E-state index contributed by atoms with van der Waals surface area (Å²) in [7, 11) is 3.14. The monoisotopic (exact) mass is 495 g/mol. The van der Waals surface area contributed by atoms with Gasteiger partial charge in [-0.25, -0.2) is 4.98 Å². The molecule has 0 amide bonds. The zero-order chi connectivity index (χ0) is 25.3. The SMILES string of the molecule is COC(=O)C[C@H](CN1CC[C@@H](CCc2ccc3c(n2)NCCC3)C1)c1cccc(OC[C@@H](C)OC)c1. The van der Waals surface area contributed by atoms with Gasteiger partial charge in [-0.05, 0) is 80.8 Å². The Kier molecular flexibility index (Phi) is 9.59. The van der Waals surface area contributed by atoms with Crippen molar-refractivity contribution in [2.75, 3.05) is 52.3 Å². The predicted octanol–water partition coefficient (Wildman–Crippen LogP) is 4.45. The minimum absolute atomic E-state index is 0.0221. The van der Waals surface area contributed by atoms with Crippen LogP contribution in [0.2, 0.25) is 0 Å². The zero-order valence-electron chi connectivity index (χ0n) is 22.0. The molecule has 0 saturated carbocycles. The molecular weight excluding hydrogens is 454 g/mol. The van der Waals surface area contributed by atoms with Crippen LogP contribution in [0.25, 0.3) is 0 Å². The average molecular weight is 496 g/mol. The number of nitrogens with zero attached hydrogens (tertiary/aromatic N) is 2. The molecule has 0 bridgehead atoms. The second kappa shape index (κ2) is 13.1. The average Bonchev–Trinajstić information content (AvgIpc) is 3.37. The summed E-state index contributed by atoms with van der Waals surface area (Å²) in [6, 6.07) is 12.5. The molecule has 2 aliphatic heterocycles. The molecule has 0 aliphatic carbocycles. The molecule has 7 nitrogen and oxygen atoms in total.